The molecule has 1 aliphatic rings. The van der Waals surface area contributed by atoms with Gasteiger partial charge < -0.3 is 14.5 Å². The van der Waals surface area contributed by atoms with Crippen LogP contribution in [0.15, 0.2) is 48.7 Å². The van der Waals surface area contributed by atoms with Crippen molar-refractivity contribution in [2.45, 2.75) is 13.3 Å². The average Bonchev–Trinajstić information content (AvgIpc) is 2.99. The Morgan fingerprint density at radius 3 is 2.55 bits per heavy atom. The van der Waals surface area contributed by atoms with Gasteiger partial charge in [0.05, 0.1) is 18.7 Å². The molecule has 3 rings (SSSR count). The molecule has 1 saturated heterocycles. The van der Waals surface area contributed by atoms with Gasteiger partial charge in [0, 0.05) is 45.1 Å². The van der Waals surface area contributed by atoms with E-state index in [1.165, 1.54) is 0 Å². The van der Waals surface area contributed by atoms with Crippen molar-refractivity contribution in [2.75, 3.05) is 56.2 Å². The number of benzene rings is 1. The molecule has 1 aromatic carbocycles. The van der Waals surface area contributed by atoms with E-state index in [2.05, 4.69) is 14.8 Å². The molecule has 154 valence electrons. The molecule has 0 bridgehead atoms. The highest BCUT2D eigenvalue weighted by molar-refractivity contribution is 5.94. The molecular formula is C22H28N4O3. The van der Waals surface area contributed by atoms with Crippen LogP contribution in [0.4, 0.5) is 11.5 Å². The number of nitrogens with zero attached hydrogens (tertiary/aromatic N) is 4. The maximum Gasteiger partial charge on any atom is 0.339 e. The van der Waals surface area contributed by atoms with Crippen LogP contribution in [0.5, 0.6) is 0 Å². The fourth-order valence-electron chi connectivity index (χ4n) is 3.36. The number of ether oxygens (including phenoxy) is 1. The van der Waals surface area contributed by atoms with Crippen LogP contribution in [-0.4, -0.2) is 68.1 Å². The van der Waals surface area contributed by atoms with Crippen LogP contribution in [0.2, 0.25) is 0 Å². The summed E-state index contributed by atoms with van der Waals surface area (Å²) in [7, 11) is 1.82. The highest BCUT2D eigenvalue weighted by atomic mass is 16.5. The van der Waals surface area contributed by atoms with Crippen molar-refractivity contribution < 1.29 is 14.3 Å². The van der Waals surface area contributed by atoms with Crippen molar-refractivity contribution in [3.63, 3.8) is 0 Å². The second kappa shape index (κ2) is 10.0. The first-order valence-corrected chi connectivity index (χ1v) is 10.0. The maximum absolute atomic E-state index is 12.6. The number of hydrogen-bond acceptors (Lipinski definition) is 6. The lowest BCUT2D eigenvalue weighted by Crippen LogP contribution is -2.40. The van der Waals surface area contributed by atoms with Crippen molar-refractivity contribution in [3.05, 3.63) is 54.2 Å². The fourth-order valence-corrected chi connectivity index (χ4v) is 3.36. The minimum atomic E-state index is -0.352. The lowest BCUT2D eigenvalue weighted by molar-refractivity contribution is -0.119. The topological polar surface area (TPSA) is 66.0 Å². The third-order valence-corrected chi connectivity index (χ3v) is 5.05. The maximum atomic E-state index is 12.6. The number of aromatic nitrogens is 1. The molecule has 7 heteroatoms. The molecule has 2 heterocycles. The number of pyridine rings is 1. The van der Waals surface area contributed by atoms with Gasteiger partial charge in [0.15, 0.2) is 0 Å². The first-order chi connectivity index (χ1) is 14.1. The van der Waals surface area contributed by atoms with E-state index in [0.717, 1.165) is 44.1 Å². The Balaban J connectivity index is 1.55. The van der Waals surface area contributed by atoms with Gasteiger partial charge in [0.25, 0.3) is 0 Å². The number of hydrogen-bond donors (Lipinski definition) is 0. The van der Waals surface area contributed by atoms with Crippen molar-refractivity contribution >= 4 is 23.4 Å². The van der Waals surface area contributed by atoms with E-state index < -0.39 is 0 Å². The number of likely N-dealkylation sites (N-methyl/N-ethyl adjacent to an activating group) is 1. The van der Waals surface area contributed by atoms with Gasteiger partial charge in [-0.25, -0.2) is 9.78 Å². The monoisotopic (exact) mass is 396 g/mol. The van der Waals surface area contributed by atoms with E-state index in [0.29, 0.717) is 18.7 Å². The first-order valence-electron chi connectivity index (χ1n) is 10.0. The largest absolute Gasteiger partial charge is 0.462 e. The second-order valence-corrected chi connectivity index (χ2v) is 7.03. The predicted molar refractivity (Wildman–Crippen MR) is 113 cm³/mol. The molecule has 0 N–H and O–H groups in total. The fraction of sp³-hybridized carbons (Fsp3) is 0.409. The Morgan fingerprint density at radius 1 is 1.07 bits per heavy atom. The molecule has 0 spiro atoms. The summed E-state index contributed by atoms with van der Waals surface area (Å²) in [6.07, 6.45) is 2.51. The second-order valence-electron chi connectivity index (χ2n) is 7.03. The molecule has 0 atom stereocenters. The third-order valence-electron chi connectivity index (χ3n) is 5.05. The Kier molecular flexibility index (Phi) is 7.19. The summed E-state index contributed by atoms with van der Waals surface area (Å²) in [6.45, 7) is 5.83. The van der Waals surface area contributed by atoms with Gasteiger partial charge in [-0.2, -0.15) is 0 Å². The number of amides is 1. The van der Waals surface area contributed by atoms with Crippen LogP contribution in [0.1, 0.15) is 23.7 Å². The van der Waals surface area contributed by atoms with Gasteiger partial charge >= 0.3 is 5.97 Å². The van der Waals surface area contributed by atoms with Crippen LogP contribution >= 0.6 is 0 Å². The Morgan fingerprint density at radius 2 is 1.86 bits per heavy atom. The van der Waals surface area contributed by atoms with E-state index in [1.807, 2.05) is 43.4 Å². The van der Waals surface area contributed by atoms with Gasteiger partial charge in [-0.3, -0.25) is 9.69 Å². The molecule has 0 unspecified atom stereocenters. The molecule has 1 fully saturated rings. The quantitative estimate of drug-likeness (QED) is 0.699. The van der Waals surface area contributed by atoms with Gasteiger partial charge in [0.2, 0.25) is 5.91 Å². The summed E-state index contributed by atoms with van der Waals surface area (Å²) in [5.41, 5.74) is 1.36. The van der Waals surface area contributed by atoms with Crippen LogP contribution in [-0.2, 0) is 9.53 Å². The first kappa shape index (κ1) is 20.8. The molecule has 2 aromatic rings. The van der Waals surface area contributed by atoms with Gasteiger partial charge in [-0.05, 0) is 37.6 Å². The van der Waals surface area contributed by atoms with E-state index >= 15 is 0 Å². The van der Waals surface area contributed by atoms with E-state index in [4.69, 9.17) is 4.74 Å². The summed E-state index contributed by atoms with van der Waals surface area (Å²) in [5.74, 6) is 0.573. The number of carbonyl (C=O) groups is 2. The summed E-state index contributed by atoms with van der Waals surface area (Å²) in [6, 6.07) is 13.3. The molecular weight excluding hydrogens is 368 g/mol. The number of anilines is 2. The van der Waals surface area contributed by atoms with Gasteiger partial charge in [0.1, 0.15) is 5.82 Å². The number of esters is 1. The highest BCUT2D eigenvalue weighted by Crippen LogP contribution is 2.16. The van der Waals surface area contributed by atoms with Crippen molar-refractivity contribution in [2.24, 2.45) is 0 Å². The summed E-state index contributed by atoms with van der Waals surface area (Å²) >= 11 is 0. The van der Waals surface area contributed by atoms with E-state index in [-0.39, 0.29) is 11.9 Å². The van der Waals surface area contributed by atoms with Gasteiger partial charge in [-0.1, -0.05) is 18.2 Å². The molecule has 1 aromatic heterocycles. The molecule has 29 heavy (non-hydrogen) atoms. The minimum Gasteiger partial charge on any atom is -0.462 e. The Labute approximate surface area is 171 Å². The van der Waals surface area contributed by atoms with Crippen LogP contribution in [0, 0.1) is 0 Å². The van der Waals surface area contributed by atoms with Crippen LogP contribution in [0.25, 0.3) is 0 Å². The molecule has 1 amide bonds. The summed E-state index contributed by atoms with van der Waals surface area (Å²) in [5, 5.41) is 0. The van der Waals surface area contributed by atoms with Crippen molar-refractivity contribution in [3.8, 4) is 0 Å². The number of para-hydroxylation sites is 1. The van der Waals surface area contributed by atoms with Gasteiger partial charge in [-0.15, -0.1) is 0 Å². The molecule has 1 aliphatic heterocycles. The van der Waals surface area contributed by atoms with Crippen LogP contribution in [0.3, 0.4) is 0 Å². The normalized spacial score (nSPS) is 14.9. The molecule has 7 nitrogen and oxygen atoms in total. The average molecular weight is 396 g/mol. The lowest BCUT2D eigenvalue weighted by atomic mass is 10.2. The van der Waals surface area contributed by atoms with E-state index in [9.17, 15) is 9.59 Å². The predicted octanol–water partition coefficient (Wildman–Crippen LogP) is 2.43. The smallest absolute Gasteiger partial charge is 0.339 e. The standard InChI is InChI=1S/C22H28N4O3/c1-3-29-22(28)18-10-11-20(23-16-18)26-13-7-12-25(14-15-26)17-21(27)24(2)19-8-5-4-6-9-19/h4-6,8-11,16H,3,7,12-15,17H2,1-2H3. The SMILES string of the molecule is CCOC(=O)c1ccc(N2CCCN(CC(=O)N(C)c3ccccc3)CC2)nc1. The number of rotatable bonds is 6. The third kappa shape index (κ3) is 5.54. The molecule has 0 saturated carbocycles. The van der Waals surface area contributed by atoms with Crippen molar-refractivity contribution in [1.82, 2.24) is 9.88 Å². The Hall–Kier alpha value is -2.93. The molecule has 0 radical (unpaired) electrons. The minimum absolute atomic E-state index is 0.0848. The zero-order chi connectivity index (χ0) is 20.6. The Bertz CT molecular complexity index is 811. The zero-order valence-corrected chi connectivity index (χ0v) is 17.1. The lowest BCUT2D eigenvalue weighted by Gasteiger charge is -2.24. The summed E-state index contributed by atoms with van der Waals surface area (Å²) in [4.78, 5) is 34.9. The summed E-state index contributed by atoms with van der Waals surface area (Å²) < 4.78 is 5.00. The van der Waals surface area contributed by atoms with E-state index in [1.54, 1.807) is 24.1 Å². The van der Waals surface area contributed by atoms with Crippen LogP contribution < -0.4 is 9.80 Å². The van der Waals surface area contributed by atoms with Crippen molar-refractivity contribution in [1.29, 1.82) is 0 Å². The number of carbonyl (C=O) groups excluding carboxylic acids is 2. The molecule has 0 aliphatic carbocycles. The zero-order valence-electron chi connectivity index (χ0n) is 17.1. The highest BCUT2D eigenvalue weighted by Gasteiger charge is 2.20.